The maximum Gasteiger partial charge on any atom is 0.416 e. The van der Waals surface area contributed by atoms with E-state index in [1.54, 1.807) is 0 Å². The van der Waals surface area contributed by atoms with Gasteiger partial charge in [-0.05, 0) is 42.8 Å². The molecule has 0 bridgehead atoms. The van der Waals surface area contributed by atoms with Crippen LogP contribution in [0.2, 0.25) is 0 Å². The van der Waals surface area contributed by atoms with E-state index < -0.39 is 27.6 Å². The number of nitrogens with one attached hydrogen (secondary N) is 1. The Morgan fingerprint density at radius 3 is 2.35 bits per heavy atom. The van der Waals surface area contributed by atoms with E-state index >= 15 is 0 Å². The standard InChI is InChI=1S/C14H10BrF4NO2S/c1-8-2-3-11(16)7-13(8)23(21,22)20-12-5-9(14(17,18)19)4-10(15)6-12/h2-7,20H,1H3. The lowest BCUT2D eigenvalue weighted by Crippen LogP contribution is -2.15. The second-order valence-electron chi connectivity index (χ2n) is 4.74. The van der Waals surface area contributed by atoms with Crippen molar-refractivity contribution in [1.82, 2.24) is 0 Å². The fourth-order valence-electron chi connectivity index (χ4n) is 1.89. The first-order chi connectivity index (χ1) is 10.5. The maximum absolute atomic E-state index is 13.3. The summed E-state index contributed by atoms with van der Waals surface area (Å²) in [5, 5.41) is 0. The first-order valence-corrected chi connectivity index (χ1v) is 8.43. The number of hydrogen-bond donors (Lipinski definition) is 1. The first kappa shape index (κ1) is 17.7. The largest absolute Gasteiger partial charge is 0.416 e. The summed E-state index contributed by atoms with van der Waals surface area (Å²) < 4.78 is 78.2. The monoisotopic (exact) mass is 411 g/mol. The summed E-state index contributed by atoms with van der Waals surface area (Å²) in [5.41, 5.74) is -1.03. The Balaban J connectivity index is 2.46. The van der Waals surface area contributed by atoms with Crippen molar-refractivity contribution < 1.29 is 26.0 Å². The van der Waals surface area contributed by atoms with Crippen molar-refractivity contribution in [2.75, 3.05) is 4.72 Å². The second-order valence-corrected chi connectivity index (χ2v) is 7.31. The van der Waals surface area contributed by atoms with Gasteiger partial charge in [-0.15, -0.1) is 0 Å². The number of hydrogen-bond acceptors (Lipinski definition) is 2. The summed E-state index contributed by atoms with van der Waals surface area (Å²) in [6, 6.07) is 5.84. The quantitative estimate of drug-likeness (QED) is 0.742. The van der Waals surface area contributed by atoms with Crippen LogP contribution in [0.25, 0.3) is 0 Å². The van der Waals surface area contributed by atoms with Gasteiger partial charge in [0.2, 0.25) is 0 Å². The lowest BCUT2D eigenvalue weighted by molar-refractivity contribution is -0.137. The third-order valence-electron chi connectivity index (χ3n) is 2.92. The molecule has 0 aliphatic heterocycles. The number of benzene rings is 2. The highest BCUT2D eigenvalue weighted by Gasteiger charge is 2.31. The van der Waals surface area contributed by atoms with Gasteiger partial charge >= 0.3 is 6.18 Å². The molecule has 0 aliphatic carbocycles. The molecule has 2 aromatic carbocycles. The van der Waals surface area contributed by atoms with E-state index in [2.05, 4.69) is 15.9 Å². The highest BCUT2D eigenvalue weighted by atomic mass is 79.9. The van der Waals surface area contributed by atoms with Gasteiger partial charge in [0.25, 0.3) is 10.0 Å². The highest BCUT2D eigenvalue weighted by molar-refractivity contribution is 9.10. The average Bonchev–Trinajstić information content (AvgIpc) is 2.39. The van der Waals surface area contributed by atoms with Crippen molar-refractivity contribution in [3.8, 4) is 0 Å². The van der Waals surface area contributed by atoms with E-state index in [0.717, 1.165) is 18.2 Å². The van der Waals surface area contributed by atoms with Crippen LogP contribution in [0.4, 0.5) is 23.2 Å². The van der Waals surface area contributed by atoms with Gasteiger partial charge in [0.05, 0.1) is 16.1 Å². The van der Waals surface area contributed by atoms with E-state index in [4.69, 9.17) is 0 Å². The Morgan fingerprint density at radius 1 is 1.09 bits per heavy atom. The third kappa shape index (κ3) is 4.23. The zero-order chi connectivity index (χ0) is 17.4. The van der Waals surface area contributed by atoms with Gasteiger partial charge < -0.3 is 0 Å². The van der Waals surface area contributed by atoms with E-state index in [1.165, 1.54) is 19.1 Å². The third-order valence-corrected chi connectivity index (χ3v) is 4.90. The van der Waals surface area contributed by atoms with Crippen LogP contribution >= 0.6 is 15.9 Å². The second kappa shape index (κ2) is 6.12. The van der Waals surface area contributed by atoms with Crippen LogP contribution in [0, 0.1) is 12.7 Å². The number of anilines is 1. The number of halogens is 5. The minimum Gasteiger partial charge on any atom is -0.280 e. The van der Waals surface area contributed by atoms with Gasteiger partial charge in [-0.3, -0.25) is 4.72 Å². The van der Waals surface area contributed by atoms with Crippen molar-refractivity contribution in [3.05, 3.63) is 57.8 Å². The summed E-state index contributed by atoms with van der Waals surface area (Å²) in [5.74, 6) is -0.763. The lowest BCUT2D eigenvalue weighted by Gasteiger charge is -2.13. The molecule has 0 spiro atoms. The number of rotatable bonds is 3. The Morgan fingerprint density at radius 2 is 1.74 bits per heavy atom. The highest BCUT2D eigenvalue weighted by Crippen LogP contribution is 2.34. The maximum atomic E-state index is 13.3. The summed E-state index contributed by atoms with van der Waals surface area (Å²) in [6.45, 7) is 1.45. The molecule has 0 amide bonds. The molecule has 0 aromatic heterocycles. The van der Waals surface area contributed by atoms with Crippen LogP contribution in [-0.4, -0.2) is 8.42 Å². The zero-order valence-electron chi connectivity index (χ0n) is 11.6. The van der Waals surface area contributed by atoms with E-state index in [9.17, 15) is 26.0 Å². The topological polar surface area (TPSA) is 46.2 Å². The van der Waals surface area contributed by atoms with E-state index in [-0.39, 0.29) is 20.6 Å². The van der Waals surface area contributed by atoms with Gasteiger partial charge in [-0.25, -0.2) is 12.8 Å². The molecule has 9 heteroatoms. The van der Waals surface area contributed by atoms with Crippen LogP contribution in [0.3, 0.4) is 0 Å². The molecule has 0 saturated heterocycles. The van der Waals surface area contributed by atoms with Crippen LogP contribution in [0.5, 0.6) is 0 Å². The van der Waals surface area contributed by atoms with Crippen LogP contribution in [0.1, 0.15) is 11.1 Å². The lowest BCUT2D eigenvalue weighted by atomic mass is 10.2. The Hall–Kier alpha value is -1.61. The van der Waals surface area contributed by atoms with Gasteiger partial charge in [0.1, 0.15) is 5.82 Å². The van der Waals surface area contributed by atoms with Crippen molar-refractivity contribution in [2.45, 2.75) is 18.0 Å². The van der Waals surface area contributed by atoms with Crippen LogP contribution in [-0.2, 0) is 16.2 Å². The summed E-state index contributed by atoms with van der Waals surface area (Å²) in [4.78, 5) is -0.342. The molecule has 0 unspecified atom stereocenters. The molecule has 0 atom stereocenters. The molecule has 0 aliphatic rings. The van der Waals surface area contributed by atoms with Crippen LogP contribution in [0.15, 0.2) is 45.8 Å². The van der Waals surface area contributed by atoms with Gasteiger partial charge in [0, 0.05) is 4.47 Å². The molecule has 0 fully saturated rings. The summed E-state index contributed by atoms with van der Waals surface area (Å²) in [6.07, 6.45) is -4.63. The molecular weight excluding hydrogens is 402 g/mol. The zero-order valence-corrected chi connectivity index (χ0v) is 14.0. The molecule has 3 nitrogen and oxygen atoms in total. The van der Waals surface area contributed by atoms with Gasteiger partial charge in [-0.2, -0.15) is 13.2 Å². The SMILES string of the molecule is Cc1ccc(F)cc1S(=O)(=O)Nc1cc(Br)cc(C(F)(F)F)c1. The normalized spacial score (nSPS) is 12.3. The van der Waals surface area contributed by atoms with E-state index in [0.29, 0.717) is 6.07 Å². The Labute approximate surface area is 138 Å². The Kier molecular flexibility index (Phi) is 4.72. The van der Waals surface area contributed by atoms with Crippen molar-refractivity contribution in [3.63, 3.8) is 0 Å². The fraction of sp³-hybridized carbons (Fsp3) is 0.143. The minimum absolute atomic E-state index is 0.0565. The molecule has 0 saturated carbocycles. The molecule has 0 heterocycles. The molecule has 2 aromatic rings. The number of alkyl halides is 3. The molecule has 23 heavy (non-hydrogen) atoms. The van der Waals surface area contributed by atoms with E-state index in [1.807, 2.05) is 4.72 Å². The number of aryl methyl sites for hydroxylation is 1. The average molecular weight is 412 g/mol. The molecule has 124 valence electrons. The minimum atomic E-state index is -4.63. The van der Waals surface area contributed by atoms with Crippen LogP contribution < -0.4 is 4.72 Å². The summed E-state index contributed by atoms with van der Waals surface area (Å²) >= 11 is 2.90. The van der Waals surface area contributed by atoms with Crippen molar-refractivity contribution in [2.24, 2.45) is 0 Å². The van der Waals surface area contributed by atoms with Crippen molar-refractivity contribution in [1.29, 1.82) is 0 Å². The predicted molar refractivity (Wildman–Crippen MR) is 81.1 cm³/mol. The van der Waals surface area contributed by atoms with Gasteiger partial charge in [0.15, 0.2) is 0 Å². The number of sulfonamides is 1. The molecule has 1 N–H and O–H groups in total. The molecule has 0 radical (unpaired) electrons. The fourth-order valence-corrected chi connectivity index (χ4v) is 3.68. The Bertz CT molecular complexity index is 850. The van der Waals surface area contributed by atoms with Crippen molar-refractivity contribution >= 4 is 31.6 Å². The molecule has 2 rings (SSSR count). The van der Waals surface area contributed by atoms with Gasteiger partial charge in [-0.1, -0.05) is 22.0 Å². The first-order valence-electron chi connectivity index (χ1n) is 6.16. The smallest absolute Gasteiger partial charge is 0.280 e. The summed E-state index contributed by atoms with van der Waals surface area (Å²) in [7, 11) is -4.22. The molecular formula is C14H10BrF4NO2S. The predicted octanol–water partition coefficient (Wildman–Crippen LogP) is 4.72.